The van der Waals surface area contributed by atoms with Crippen LogP contribution in [0.15, 0.2) is 0 Å². The molecule has 2 N–H and O–H groups in total. The molecule has 0 spiro atoms. The highest BCUT2D eigenvalue weighted by molar-refractivity contribution is 4.74. The molecule has 2 aliphatic rings. The van der Waals surface area contributed by atoms with Gasteiger partial charge in [-0.15, -0.1) is 0 Å². The first-order valence-electron chi connectivity index (χ1n) is 6.94. The van der Waals surface area contributed by atoms with Gasteiger partial charge in [0.25, 0.3) is 0 Å². The van der Waals surface area contributed by atoms with Gasteiger partial charge in [0.1, 0.15) is 0 Å². The minimum absolute atomic E-state index is 0.929. The molecule has 0 aromatic heterocycles. The van der Waals surface area contributed by atoms with Crippen molar-refractivity contribution >= 4 is 0 Å². The molecule has 0 radical (unpaired) electrons. The van der Waals surface area contributed by atoms with E-state index in [0.717, 1.165) is 11.8 Å². The minimum atomic E-state index is 0.929. The fraction of sp³-hybridized carbons (Fsp3) is 1.00. The topological polar surface area (TPSA) is 27.3 Å². The minimum Gasteiger partial charge on any atom is -0.316 e. The Bertz CT molecular complexity index is 182. The van der Waals surface area contributed by atoms with Crippen molar-refractivity contribution in [3.63, 3.8) is 0 Å². The Kier molecular flexibility index (Phi) is 5.07. The number of rotatable bonds is 5. The Morgan fingerprint density at radius 3 is 2.69 bits per heavy atom. The summed E-state index contributed by atoms with van der Waals surface area (Å²) in [7, 11) is 2.23. The average Bonchev–Trinajstić information content (AvgIpc) is 2.80. The van der Waals surface area contributed by atoms with Crippen molar-refractivity contribution in [3.05, 3.63) is 0 Å². The zero-order chi connectivity index (χ0) is 11.2. The van der Waals surface area contributed by atoms with Crippen LogP contribution in [0.25, 0.3) is 0 Å². The van der Waals surface area contributed by atoms with Gasteiger partial charge in [-0.25, -0.2) is 0 Å². The normalized spacial score (nSPS) is 28.7. The first kappa shape index (κ1) is 12.3. The van der Waals surface area contributed by atoms with E-state index in [1.807, 2.05) is 0 Å². The third-order valence-corrected chi connectivity index (χ3v) is 4.16. The lowest BCUT2D eigenvalue weighted by Gasteiger charge is -2.29. The van der Waals surface area contributed by atoms with Crippen molar-refractivity contribution in [3.8, 4) is 0 Å². The van der Waals surface area contributed by atoms with Crippen LogP contribution < -0.4 is 10.6 Å². The van der Waals surface area contributed by atoms with Gasteiger partial charge in [-0.1, -0.05) is 0 Å². The molecule has 94 valence electrons. The zero-order valence-electron chi connectivity index (χ0n) is 10.7. The molecule has 1 unspecified atom stereocenters. The lowest BCUT2D eigenvalue weighted by atomic mass is 9.97. The number of nitrogens with one attached hydrogen (secondary N) is 2. The second-order valence-corrected chi connectivity index (χ2v) is 5.60. The van der Waals surface area contributed by atoms with Gasteiger partial charge in [0, 0.05) is 0 Å². The Morgan fingerprint density at radius 2 is 2.00 bits per heavy atom. The van der Waals surface area contributed by atoms with E-state index in [1.165, 1.54) is 65.0 Å². The van der Waals surface area contributed by atoms with Crippen molar-refractivity contribution in [1.29, 1.82) is 0 Å². The molecular weight excluding hydrogens is 198 g/mol. The molecule has 0 amide bonds. The third kappa shape index (κ3) is 4.04. The summed E-state index contributed by atoms with van der Waals surface area (Å²) < 4.78 is 0. The summed E-state index contributed by atoms with van der Waals surface area (Å²) in [6.45, 7) is 7.53. The Balaban J connectivity index is 1.48. The van der Waals surface area contributed by atoms with E-state index >= 15 is 0 Å². The molecule has 0 saturated carbocycles. The molecular formula is C13H27N3. The van der Waals surface area contributed by atoms with Gasteiger partial charge in [-0.2, -0.15) is 0 Å². The van der Waals surface area contributed by atoms with Gasteiger partial charge in [0.05, 0.1) is 0 Å². The SMILES string of the molecule is CN1CCC(CNCCC2CCNC2)CC1. The zero-order valence-corrected chi connectivity index (χ0v) is 10.7. The number of hydrogen-bond acceptors (Lipinski definition) is 3. The molecule has 3 nitrogen and oxygen atoms in total. The monoisotopic (exact) mass is 225 g/mol. The highest BCUT2D eigenvalue weighted by atomic mass is 15.1. The molecule has 1 atom stereocenters. The summed E-state index contributed by atoms with van der Waals surface area (Å²) in [5.74, 6) is 1.86. The molecule has 2 heterocycles. The predicted octanol–water partition coefficient (Wildman–Crippen LogP) is 0.917. The van der Waals surface area contributed by atoms with Gasteiger partial charge in [0.15, 0.2) is 0 Å². The van der Waals surface area contributed by atoms with Crippen LogP contribution in [0.1, 0.15) is 25.7 Å². The summed E-state index contributed by atoms with van der Waals surface area (Å²) in [5, 5.41) is 7.08. The summed E-state index contributed by atoms with van der Waals surface area (Å²) in [6.07, 6.45) is 5.51. The summed E-state index contributed by atoms with van der Waals surface area (Å²) >= 11 is 0. The van der Waals surface area contributed by atoms with Crippen LogP contribution in [-0.4, -0.2) is 51.2 Å². The van der Waals surface area contributed by atoms with Crippen LogP contribution in [-0.2, 0) is 0 Å². The second kappa shape index (κ2) is 6.58. The first-order valence-corrected chi connectivity index (χ1v) is 6.94. The van der Waals surface area contributed by atoms with E-state index in [9.17, 15) is 0 Å². The fourth-order valence-corrected chi connectivity index (χ4v) is 2.84. The molecule has 0 aromatic carbocycles. The van der Waals surface area contributed by atoms with Crippen molar-refractivity contribution in [2.45, 2.75) is 25.7 Å². The molecule has 0 aromatic rings. The molecule has 3 heteroatoms. The highest BCUT2D eigenvalue weighted by Gasteiger charge is 2.17. The number of piperidine rings is 1. The van der Waals surface area contributed by atoms with Crippen LogP contribution in [0.5, 0.6) is 0 Å². The van der Waals surface area contributed by atoms with Crippen molar-refractivity contribution < 1.29 is 0 Å². The maximum atomic E-state index is 3.65. The standard InChI is InChI=1S/C13H27N3/c1-16-8-4-13(5-9-16)11-15-7-3-12-2-6-14-10-12/h12-15H,2-11H2,1H3. The second-order valence-electron chi connectivity index (χ2n) is 5.60. The van der Waals surface area contributed by atoms with E-state index < -0.39 is 0 Å². The molecule has 2 fully saturated rings. The van der Waals surface area contributed by atoms with E-state index in [0.29, 0.717) is 0 Å². The third-order valence-electron chi connectivity index (χ3n) is 4.16. The maximum absolute atomic E-state index is 3.65. The van der Waals surface area contributed by atoms with Crippen LogP contribution in [0.4, 0.5) is 0 Å². The van der Waals surface area contributed by atoms with Gasteiger partial charge in [0.2, 0.25) is 0 Å². The summed E-state index contributed by atoms with van der Waals surface area (Å²) in [4.78, 5) is 2.45. The van der Waals surface area contributed by atoms with Crippen molar-refractivity contribution in [2.24, 2.45) is 11.8 Å². The van der Waals surface area contributed by atoms with E-state index in [-0.39, 0.29) is 0 Å². The Labute approximate surface area is 100.0 Å². The summed E-state index contributed by atoms with van der Waals surface area (Å²) in [5.41, 5.74) is 0. The predicted molar refractivity (Wildman–Crippen MR) is 68.7 cm³/mol. The quantitative estimate of drug-likeness (QED) is 0.681. The van der Waals surface area contributed by atoms with Gasteiger partial charge in [-0.05, 0) is 83.8 Å². The molecule has 16 heavy (non-hydrogen) atoms. The Hall–Kier alpha value is -0.120. The van der Waals surface area contributed by atoms with Crippen molar-refractivity contribution in [2.75, 3.05) is 46.3 Å². The lowest BCUT2D eigenvalue weighted by molar-refractivity contribution is 0.215. The van der Waals surface area contributed by atoms with E-state index in [4.69, 9.17) is 0 Å². The molecule has 2 rings (SSSR count). The molecule has 0 bridgehead atoms. The highest BCUT2D eigenvalue weighted by Crippen LogP contribution is 2.15. The molecule has 2 aliphatic heterocycles. The Morgan fingerprint density at radius 1 is 1.19 bits per heavy atom. The number of likely N-dealkylation sites (tertiary alicyclic amines) is 1. The smallest absolute Gasteiger partial charge is 0.00187 e. The lowest BCUT2D eigenvalue weighted by Crippen LogP contribution is -2.35. The van der Waals surface area contributed by atoms with Crippen molar-refractivity contribution in [1.82, 2.24) is 15.5 Å². The fourth-order valence-electron chi connectivity index (χ4n) is 2.84. The largest absolute Gasteiger partial charge is 0.316 e. The van der Waals surface area contributed by atoms with E-state index in [2.05, 4.69) is 22.6 Å². The van der Waals surface area contributed by atoms with Crippen LogP contribution >= 0.6 is 0 Å². The van der Waals surface area contributed by atoms with E-state index in [1.54, 1.807) is 0 Å². The van der Waals surface area contributed by atoms with Crippen LogP contribution in [0.3, 0.4) is 0 Å². The first-order chi connectivity index (χ1) is 7.84. The average molecular weight is 225 g/mol. The number of nitrogens with zero attached hydrogens (tertiary/aromatic N) is 1. The number of hydrogen-bond donors (Lipinski definition) is 2. The molecule has 2 saturated heterocycles. The molecule has 0 aliphatic carbocycles. The van der Waals surface area contributed by atoms with Gasteiger partial charge >= 0.3 is 0 Å². The van der Waals surface area contributed by atoms with Crippen LogP contribution in [0.2, 0.25) is 0 Å². The summed E-state index contributed by atoms with van der Waals surface area (Å²) in [6, 6.07) is 0. The van der Waals surface area contributed by atoms with Gasteiger partial charge < -0.3 is 15.5 Å². The maximum Gasteiger partial charge on any atom is -0.00187 e. The van der Waals surface area contributed by atoms with Gasteiger partial charge in [-0.3, -0.25) is 0 Å². The van der Waals surface area contributed by atoms with Crippen LogP contribution in [0, 0.1) is 11.8 Å².